The number of carbonyl (C=O) groups is 1. The number of ether oxygens (including phenoxy) is 1. The zero-order chi connectivity index (χ0) is 17.4. The number of unbranched alkanes of at least 4 members (excludes halogenated alkanes) is 1. The van der Waals surface area contributed by atoms with Crippen molar-refractivity contribution in [2.24, 2.45) is 11.7 Å². The van der Waals surface area contributed by atoms with Crippen LogP contribution < -0.4 is 5.73 Å². The highest BCUT2D eigenvalue weighted by Crippen LogP contribution is 2.27. The van der Waals surface area contributed by atoms with E-state index in [4.69, 9.17) is 15.6 Å². The van der Waals surface area contributed by atoms with Gasteiger partial charge in [0.05, 0.1) is 6.10 Å². The smallest absolute Gasteiger partial charge is 0.320 e. The van der Waals surface area contributed by atoms with Gasteiger partial charge in [-0.05, 0) is 55.6 Å². The van der Waals surface area contributed by atoms with E-state index < -0.39 is 12.0 Å². The molecular formula is C20H31NO3. The largest absolute Gasteiger partial charge is 0.480 e. The molecule has 0 aromatic heterocycles. The maximum absolute atomic E-state index is 10.8. The number of rotatable bonds is 9. The van der Waals surface area contributed by atoms with E-state index in [-0.39, 0.29) is 0 Å². The normalized spacial score (nSPS) is 22.2. The quantitative estimate of drug-likeness (QED) is 0.678. The van der Waals surface area contributed by atoms with Gasteiger partial charge in [-0.25, -0.2) is 0 Å². The van der Waals surface area contributed by atoms with E-state index in [0.717, 1.165) is 24.5 Å². The maximum Gasteiger partial charge on any atom is 0.320 e. The molecule has 1 fully saturated rings. The van der Waals surface area contributed by atoms with Crippen molar-refractivity contribution in [3.8, 4) is 0 Å². The highest BCUT2D eigenvalue weighted by molar-refractivity contribution is 5.73. The number of hydrogen-bond donors (Lipinski definition) is 2. The third kappa shape index (κ3) is 5.91. The molecule has 0 aliphatic carbocycles. The van der Waals surface area contributed by atoms with Crippen LogP contribution in [0.1, 0.15) is 56.6 Å². The number of hydrogen-bond acceptors (Lipinski definition) is 3. The molecule has 1 aromatic carbocycles. The summed E-state index contributed by atoms with van der Waals surface area (Å²) in [6.45, 7) is 3.20. The molecule has 3 atom stereocenters. The summed E-state index contributed by atoms with van der Waals surface area (Å²) in [4.78, 5) is 10.8. The second-order valence-electron chi connectivity index (χ2n) is 6.93. The molecule has 0 bridgehead atoms. The first kappa shape index (κ1) is 18.9. The summed E-state index contributed by atoms with van der Waals surface area (Å²) in [6.07, 6.45) is 9.21. The van der Waals surface area contributed by atoms with Crippen LogP contribution in [0.2, 0.25) is 0 Å². The summed E-state index contributed by atoms with van der Waals surface area (Å²) in [6, 6.07) is 7.36. The van der Waals surface area contributed by atoms with Crippen molar-refractivity contribution in [1.82, 2.24) is 0 Å². The second kappa shape index (κ2) is 9.80. The molecule has 3 unspecified atom stereocenters. The molecule has 0 spiro atoms. The topological polar surface area (TPSA) is 72.5 Å². The molecule has 1 aliphatic heterocycles. The molecule has 4 nitrogen and oxygen atoms in total. The molecule has 1 aromatic rings. The van der Waals surface area contributed by atoms with Crippen LogP contribution in [-0.4, -0.2) is 29.8 Å². The van der Waals surface area contributed by atoms with Gasteiger partial charge >= 0.3 is 5.97 Å². The lowest BCUT2D eigenvalue weighted by Crippen LogP contribution is -2.32. The van der Waals surface area contributed by atoms with E-state index in [1.807, 2.05) is 12.1 Å². The Hall–Kier alpha value is -1.39. The van der Waals surface area contributed by atoms with E-state index in [9.17, 15) is 4.79 Å². The molecular weight excluding hydrogens is 302 g/mol. The van der Waals surface area contributed by atoms with Crippen LogP contribution in [0.25, 0.3) is 0 Å². The number of carboxylic acids is 1. The number of nitrogens with two attached hydrogens (primary N) is 1. The van der Waals surface area contributed by atoms with Crippen molar-refractivity contribution in [3.05, 3.63) is 35.4 Å². The van der Waals surface area contributed by atoms with Crippen molar-refractivity contribution in [3.63, 3.8) is 0 Å². The van der Waals surface area contributed by atoms with E-state index in [2.05, 4.69) is 19.1 Å². The highest BCUT2D eigenvalue weighted by atomic mass is 16.5. The first-order valence-electron chi connectivity index (χ1n) is 9.28. The van der Waals surface area contributed by atoms with Crippen LogP contribution >= 0.6 is 0 Å². The van der Waals surface area contributed by atoms with E-state index >= 15 is 0 Å². The van der Waals surface area contributed by atoms with Gasteiger partial charge in [-0.2, -0.15) is 0 Å². The lowest BCUT2D eigenvalue weighted by molar-refractivity contribution is -0.138. The van der Waals surface area contributed by atoms with Crippen LogP contribution in [0, 0.1) is 5.92 Å². The van der Waals surface area contributed by atoms with E-state index in [1.54, 1.807) is 0 Å². The fourth-order valence-corrected chi connectivity index (χ4v) is 3.55. The van der Waals surface area contributed by atoms with Gasteiger partial charge in [0.15, 0.2) is 0 Å². The van der Waals surface area contributed by atoms with Crippen molar-refractivity contribution in [1.29, 1.82) is 0 Å². The minimum Gasteiger partial charge on any atom is -0.480 e. The van der Waals surface area contributed by atoms with E-state index in [0.29, 0.717) is 12.5 Å². The van der Waals surface area contributed by atoms with Gasteiger partial charge in [0.25, 0.3) is 0 Å². The van der Waals surface area contributed by atoms with Gasteiger partial charge in [-0.3, -0.25) is 4.79 Å². The fraction of sp³-hybridized carbons (Fsp3) is 0.650. The lowest BCUT2D eigenvalue weighted by Gasteiger charge is -2.31. The van der Waals surface area contributed by atoms with Crippen molar-refractivity contribution in [2.75, 3.05) is 6.61 Å². The molecule has 0 amide bonds. The predicted molar refractivity (Wildman–Crippen MR) is 96.1 cm³/mol. The Kier molecular flexibility index (Phi) is 7.73. The Balaban J connectivity index is 1.69. The Labute approximate surface area is 145 Å². The van der Waals surface area contributed by atoms with Crippen LogP contribution in [-0.2, 0) is 22.4 Å². The molecule has 1 aliphatic rings. The maximum atomic E-state index is 10.8. The summed E-state index contributed by atoms with van der Waals surface area (Å²) in [7, 11) is 0. The van der Waals surface area contributed by atoms with Crippen LogP contribution in [0.3, 0.4) is 0 Å². The minimum atomic E-state index is -0.950. The van der Waals surface area contributed by atoms with E-state index in [1.165, 1.54) is 44.1 Å². The van der Waals surface area contributed by atoms with Crippen molar-refractivity contribution in [2.45, 2.75) is 70.4 Å². The molecule has 3 N–H and O–H groups in total. The first-order valence-corrected chi connectivity index (χ1v) is 9.28. The number of benzene rings is 1. The Morgan fingerprint density at radius 2 is 2.00 bits per heavy atom. The van der Waals surface area contributed by atoms with Crippen LogP contribution in [0.5, 0.6) is 0 Å². The van der Waals surface area contributed by atoms with Crippen LogP contribution in [0.4, 0.5) is 0 Å². The summed E-state index contributed by atoms with van der Waals surface area (Å²) < 4.78 is 5.95. The minimum absolute atomic E-state index is 0.382. The average molecular weight is 333 g/mol. The molecule has 0 radical (unpaired) electrons. The van der Waals surface area contributed by atoms with Gasteiger partial charge in [0, 0.05) is 6.61 Å². The molecule has 1 saturated heterocycles. The molecule has 0 saturated carbocycles. The third-order valence-corrected chi connectivity index (χ3v) is 5.10. The fourth-order valence-electron chi connectivity index (χ4n) is 3.55. The van der Waals surface area contributed by atoms with Crippen molar-refractivity contribution >= 4 is 5.97 Å². The monoisotopic (exact) mass is 333 g/mol. The Morgan fingerprint density at radius 1 is 1.29 bits per heavy atom. The van der Waals surface area contributed by atoms with Crippen LogP contribution in [0.15, 0.2) is 24.3 Å². The van der Waals surface area contributed by atoms with Gasteiger partial charge in [-0.15, -0.1) is 0 Å². The number of aryl methyl sites for hydroxylation is 1. The zero-order valence-corrected chi connectivity index (χ0v) is 14.7. The second-order valence-corrected chi connectivity index (χ2v) is 6.93. The van der Waals surface area contributed by atoms with Gasteiger partial charge in [0.2, 0.25) is 0 Å². The lowest BCUT2D eigenvalue weighted by atomic mass is 9.88. The van der Waals surface area contributed by atoms with Gasteiger partial charge < -0.3 is 15.6 Å². The summed E-state index contributed by atoms with van der Waals surface area (Å²) >= 11 is 0. The standard InChI is InChI=1S/C20H31NO3/c1-2-17-7-5-13-24-19(17)8-4-3-6-15-9-11-16(12-10-15)14-18(21)20(22)23/h9-12,17-19H,2-8,13-14,21H2,1H3,(H,22,23). The first-order chi connectivity index (χ1) is 11.6. The Bertz CT molecular complexity index is 500. The van der Waals surface area contributed by atoms with Gasteiger partial charge in [0.1, 0.15) is 6.04 Å². The summed E-state index contributed by atoms with van der Waals surface area (Å²) in [5.41, 5.74) is 7.85. The Morgan fingerprint density at radius 3 is 2.67 bits per heavy atom. The highest BCUT2D eigenvalue weighted by Gasteiger charge is 2.23. The number of aliphatic carboxylic acids is 1. The predicted octanol–water partition coefficient (Wildman–Crippen LogP) is 3.56. The third-order valence-electron chi connectivity index (χ3n) is 5.10. The molecule has 134 valence electrons. The molecule has 24 heavy (non-hydrogen) atoms. The number of carboxylic acid groups (broad SMARTS) is 1. The summed E-state index contributed by atoms with van der Waals surface area (Å²) in [5.74, 6) is -0.203. The zero-order valence-electron chi connectivity index (χ0n) is 14.7. The summed E-state index contributed by atoms with van der Waals surface area (Å²) in [5, 5.41) is 8.85. The van der Waals surface area contributed by atoms with Crippen molar-refractivity contribution < 1.29 is 14.6 Å². The average Bonchev–Trinajstić information content (AvgIpc) is 2.60. The molecule has 4 heteroatoms. The SMILES string of the molecule is CCC1CCCOC1CCCCc1ccc(CC(N)C(=O)O)cc1. The van der Waals surface area contributed by atoms with Gasteiger partial charge in [-0.1, -0.05) is 44.0 Å². The molecule has 2 rings (SSSR count). The molecule has 1 heterocycles.